The van der Waals surface area contributed by atoms with Gasteiger partial charge in [-0.15, -0.1) is 0 Å². The Morgan fingerprint density at radius 3 is 1.92 bits per heavy atom. The molecule has 0 saturated carbocycles. The Morgan fingerprint density at radius 2 is 1.62 bits per heavy atom. The summed E-state index contributed by atoms with van der Waals surface area (Å²) < 4.78 is 4.18. The van der Waals surface area contributed by atoms with E-state index < -0.39 is 17.2 Å². The highest BCUT2D eigenvalue weighted by atomic mass is 16.5. The van der Waals surface area contributed by atoms with Gasteiger partial charge >= 0.3 is 5.97 Å². The van der Waals surface area contributed by atoms with Gasteiger partial charge in [-0.25, -0.2) is 4.79 Å². The van der Waals surface area contributed by atoms with Crippen molar-refractivity contribution in [2.75, 3.05) is 7.11 Å². The minimum Gasteiger partial charge on any atom is -0.463 e. The van der Waals surface area contributed by atoms with Crippen molar-refractivity contribution in [3.63, 3.8) is 0 Å². The number of carbonyl (C=O) groups excluding carboxylic acids is 3. The minimum absolute atomic E-state index is 0.261. The lowest BCUT2D eigenvalue weighted by molar-refractivity contribution is -0.153. The van der Waals surface area contributed by atoms with Gasteiger partial charge in [0.2, 0.25) is 5.78 Å². The summed E-state index contributed by atoms with van der Waals surface area (Å²) in [5.41, 5.74) is -0.594. The predicted molar refractivity (Wildman–Crippen MR) is 46.1 cm³/mol. The first-order valence-corrected chi connectivity index (χ1v) is 3.93. The highest BCUT2D eigenvalue weighted by molar-refractivity contribution is 6.37. The summed E-state index contributed by atoms with van der Waals surface area (Å²) in [6.07, 6.45) is -0.379. The predicted octanol–water partition coefficient (Wildman–Crippen LogP) is 0.734. The van der Waals surface area contributed by atoms with E-state index in [1.165, 1.54) is 0 Å². The van der Waals surface area contributed by atoms with Gasteiger partial charge in [-0.1, -0.05) is 20.8 Å². The van der Waals surface area contributed by atoms with E-state index >= 15 is 0 Å². The number of Topliss-reactive ketones (excluding diaryl/α,β-unsaturated/α-hetero) is 2. The number of esters is 1. The van der Waals surface area contributed by atoms with Gasteiger partial charge in [0.1, 0.15) is 5.78 Å². The Kier molecular flexibility index (Phi) is 3.78. The van der Waals surface area contributed by atoms with Gasteiger partial charge in [0.05, 0.1) is 13.5 Å². The van der Waals surface area contributed by atoms with Gasteiger partial charge in [0, 0.05) is 5.41 Å². The molecule has 0 rings (SSSR count). The van der Waals surface area contributed by atoms with Crippen LogP contribution in [0.1, 0.15) is 27.2 Å². The van der Waals surface area contributed by atoms with E-state index in [0.717, 1.165) is 7.11 Å². The Hall–Kier alpha value is -1.19. The van der Waals surface area contributed by atoms with Crippen molar-refractivity contribution >= 4 is 17.5 Å². The van der Waals surface area contributed by atoms with Crippen LogP contribution in [0.2, 0.25) is 0 Å². The molecular formula is C9H14O4. The van der Waals surface area contributed by atoms with Gasteiger partial charge in [-0.2, -0.15) is 0 Å². The first kappa shape index (κ1) is 11.8. The normalized spacial score (nSPS) is 10.8. The molecule has 0 spiro atoms. The van der Waals surface area contributed by atoms with Crippen molar-refractivity contribution in [3.05, 3.63) is 0 Å². The molecule has 0 aliphatic carbocycles. The molecule has 0 aliphatic heterocycles. The monoisotopic (exact) mass is 186 g/mol. The van der Waals surface area contributed by atoms with Crippen molar-refractivity contribution in [1.82, 2.24) is 0 Å². The van der Waals surface area contributed by atoms with Crippen molar-refractivity contribution in [2.45, 2.75) is 27.2 Å². The molecule has 0 aliphatic rings. The molecule has 0 aromatic rings. The van der Waals surface area contributed by atoms with Crippen LogP contribution < -0.4 is 0 Å². The molecule has 0 bridgehead atoms. The van der Waals surface area contributed by atoms with Gasteiger partial charge < -0.3 is 4.74 Å². The smallest absolute Gasteiger partial charge is 0.374 e. The molecule has 0 aromatic carbocycles. The van der Waals surface area contributed by atoms with E-state index in [-0.39, 0.29) is 12.2 Å². The third-order valence-corrected chi connectivity index (χ3v) is 1.57. The van der Waals surface area contributed by atoms with Crippen LogP contribution in [0.4, 0.5) is 0 Å². The highest BCUT2D eigenvalue weighted by Crippen LogP contribution is 2.16. The largest absolute Gasteiger partial charge is 0.463 e. The summed E-state index contributed by atoms with van der Waals surface area (Å²) in [5, 5.41) is 0. The molecular weight excluding hydrogens is 172 g/mol. The fourth-order valence-corrected chi connectivity index (χ4v) is 0.597. The number of carbonyl (C=O) groups is 3. The number of ketones is 2. The van der Waals surface area contributed by atoms with E-state index in [0.29, 0.717) is 0 Å². The van der Waals surface area contributed by atoms with Gasteiger partial charge in [0.15, 0.2) is 0 Å². The van der Waals surface area contributed by atoms with Crippen LogP contribution in [0.15, 0.2) is 0 Å². The molecule has 74 valence electrons. The zero-order chi connectivity index (χ0) is 10.6. The number of rotatable bonds is 3. The van der Waals surface area contributed by atoms with Crippen molar-refractivity contribution in [3.8, 4) is 0 Å². The van der Waals surface area contributed by atoms with Crippen LogP contribution in [-0.2, 0) is 19.1 Å². The molecule has 13 heavy (non-hydrogen) atoms. The lowest BCUT2D eigenvalue weighted by Crippen LogP contribution is -2.27. The van der Waals surface area contributed by atoms with Crippen LogP contribution in [0.5, 0.6) is 0 Å². The maximum absolute atomic E-state index is 11.3. The molecule has 0 radical (unpaired) electrons. The van der Waals surface area contributed by atoms with Gasteiger partial charge in [-0.3, -0.25) is 9.59 Å². The first-order valence-electron chi connectivity index (χ1n) is 3.93. The molecule has 4 nitrogen and oxygen atoms in total. The number of methoxy groups -OCH3 is 1. The lowest BCUT2D eigenvalue weighted by atomic mass is 9.88. The summed E-state index contributed by atoms with van der Waals surface area (Å²) in [6, 6.07) is 0. The summed E-state index contributed by atoms with van der Waals surface area (Å²) in [7, 11) is 1.11. The lowest BCUT2D eigenvalue weighted by Gasteiger charge is -2.14. The summed E-state index contributed by atoms with van der Waals surface area (Å²) in [4.78, 5) is 32.9. The van der Waals surface area contributed by atoms with Crippen LogP contribution in [0, 0.1) is 5.41 Å². The van der Waals surface area contributed by atoms with Gasteiger partial charge in [-0.05, 0) is 0 Å². The summed E-state index contributed by atoms with van der Waals surface area (Å²) in [6.45, 7) is 5.08. The van der Waals surface area contributed by atoms with Crippen LogP contribution in [0.3, 0.4) is 0 Å². The third kappa shape index (κ3) is 3.83. The molecule has 4 heteroatoms. The first-order chi connectivity index (χ1) is 5.79. The Balaban J connectivity index is 4.24. The Labute approximate surface area is 77.3 Å². The fraction of sp³-hybridized carbons (Fsp3) is 0.667. The average molecular weight is 186 g/mol. The molecule has 0 heterocycles. The Bertz CT molecular complexity index is 234. The fourth-order valence-electron chi connectivity index (χ4n) is 0.597. The molecule has 0 aromatic heterocycles. The highest BCUT2D eigenvalue weighted by Gasteiger charge is 2.26. The molecule has 0 N–H and O–H groups in total. The van der Waals surface area contributed by atoms with E-state index in [4.69, 9.17) is 0 Å². The topological polar surface area (TPSA) is 60.4 Å². The van der Waals surface area contributed by atoms with Crippen molar-refractivity contribution < 1.29 is 19.1 Å². The third-order valence-electron chi connectivity index (χ3n) is 1.57. The molecule has 0 unspecified atom stereocenters. The maximum Gasteiger partial charge on any atom is 0.374 e. The maximum atomic E-state index is 11.3. The zero-order valence-corrected chi connectivity index (χ0v) is 8.34. The van der Waals surface area contributed by atoms with E-state index in [1.54, 1.807) is 20.8 Å². The van der Waals surface area contributed by atoms with Crippen LogP contribution in [0.25, 0.3) is 0 Å². The second-order valence-electron chi connectivity index (χ2n) is 3.76. The average Bonchev–Trinajstić information content (AvgIpc) is 2.01. The summed E-state index contributed by atoms with van der Waals surface area (Å²) >= 11 is 0. The standard InChI is InChI=1S/C9H14O4/c1-9(2,3)7(11)5-6(10)8(12)13-4/h5H2,1-4H3. The zero-order valence-electron chi connectivity index (χ0n) is 8.34. The van der Waals surface area contributed by atoms with Crippen molar-refractivity contribution in [2.24, 2.45) is 5.41 Å². The second-order valence-corrected chi connectivity index (χ2v) is 3.76. The second kappa shape index (κ2) is 4.16. The molecule has 0 saturated heterocycles. The number of ether oxygens (including phenoxy) is 1. The minimum atomic E-state index is -0.961. The molecule has 0 atom stereocenters. The number of hydrogen-bond acceptors (Lipinski definition) is 4. The quantitative estimate of drug-likeness (QED) is 0.370. The van der Waals surface area contributed by atoms with Gasteiger partial charge in [0.25, 0.3) is 0 Å². The number of hydrogen-bond donors (Lipinski definition) is 0. The SMILES string of the molecule is COC(=O)C(=O)CC(=O)C(C)(C)C. The van der Waals surface area contributed by atoms with E-state index in [2.05, 4.69) is 4.74 Å². The Morgan fingerprint density at radius 1 is 1.15 bits per heavy atom. The van der Waals surface area contributed by atoms with E-state index in [1.807, 2.05) is 0 Å². The summed E-state index contributed by atoms with van der Waals surface area (Å²) in [5.74, 6) is -2.01. The van der Waals surface area contributed by atoms with Crippen molar-refractivity contribution in [1.29, 1.82) is 0 Å². The van der Waals surface area contributed by atoms with E-state index in [9.17, 15) is 14.4 Å². The molecule has 0 amide bonds. The van der Waals surface area contributed by atoms with Crippen LogP contribution in [-0.4, -0.2) is 24.6 Å². The molecule has 0 fully saturated rings. The van der Waals surface area contributed by atoms with Crippen LogP contribution >= 0.6 is 0 Å².